The largest absolute Gasteiger partial charge is 0.508 e. The van der Waals surface area contributed by atoms with Gasteiger partial charge in [0, 0.05) is 6.42 Å². The molecule has 1 aromatic carbocycles. The van der Waals surface area contributed by atoms with Gasteiger partial charge in [-0.2, -0.15) is 8.62 Å². The first-order valence-corrected chi connectivity index (χ1v) is 11.7. The Kier molecular flexibility index (Phi) is 7.03. The fourth-order valence-electron chi connectivity index (χ4n) is 2.25. The predicted molar refractivity (Wildman–Crippen MR) is 86.2 cm³/mol. The maximum Gasteiger partial charge on any atom is 0.490 e. The standard InChI is InChI=1S/C11H17O13P3/c12-8-3-1-7(2-4-8)10-5-9(13)11(22-10)6-21-26(17,18)24-27(19,20)23-25(14,15)16/h1-4,9-13H,5-6H2,(H,17,18)(H,19,20)(H2,14,15,16)/t9?,10-,11?/m1/s1. The van der Waals surface area contributed by atoms with Crippen molar-refractivity contribution in [3.05, 3.63) is 29.8 Å². The first-order valence-electron chi connectivity index (χ1n) is 7.17. The Morgan fingerprint density at radius 1 is 1.00 bits per heavy atom. The maximum absolute atomic E-state index is 11.6. The average Bonchev–Trinajstić information content (AvgIpc) is 2.83. The lowest BCUT2D eigenvalue weighted by Crippen LogP contribution is -2.26. The van der Waals surface area contributed by atoms with E-state index in [9.17, 15) is 28.8 Å². The lowest BCUT2D eigenvalue weighted by atomic mass is 10.0. The summed E-state index contributed by atoms with van der Waals surface area (Å²) in [6.07, 6.45) is -2.71. The molecule has 1 heterocycles. The maximum atomic E-state index is 11.6. The number of phenols is 1. The molecule has 1 fully saturated rings. The molecule has 0 radical (unpaired) electrons. The van der Waals surface area contributed by atoms with Gasteiger partial charge in [-0.3, -0.25) is 4.52 Å². The Balaban J connectivity index is 1.93. The van der Waals surface area contributed by atoms with Crippen LogP contribution < -0.4 is 0 Å². The number of aliphatic hydroxyl groups excluding tert-OH is 1. The molecule has 2 rings (SSSR count). The molecule has 5 atom stereocenters. The molecule has 0 aromatic heterocycles. The molecular weight excluding hydrogens is 433 g/mol. The van der Waals surface area contributed by atoms with Crippen LogP contribution in [-0.2, 0) is 31.6 Å². The van der Waals surface area contributed by atoms with Crippen LogP contribution in [-0.4, -0.2) is 48.6 Å². The second-order valence-corrected chi connectivity index (χ2v) is 9.86. The summed E-state index contributed by atoms with van der Waals surface area (Å²) >= 11 is 0. The summed E-state index contributed by atoms with van der Waals surface area (Å²) in [4.78, 5) is 35.3. The zero-order valence-corrected chi connectivity index (χ0v) is 16.0. The molecule has 13 nitrogen and oxygen atoms in total. The minimum atomic E-state index is -5.60. The van der Waals surface area contributed by atoms with Crippen LogP contribution in [0.3, 0.4) is 0 Å². The molecule has 1 saturated heterocycles. The number of phosphoric acid groups is 3. The van der Waals surface area contributed by atoms with Gasteiger partial charge < -0.3 is 34.5 Å². The van der Waals surface area contributed by atoms with Crippen LogP contribution in [0.4, 0.5) is 0 Å². The monoisotopic (exact) mass is 450 g/mol. The molecule has 1 aliphatic rings. The molecular formula is C11H17O13P3. The van der Waals surface area contributed by atoms with Crippen molar-refractivity contribution in [1.29, 1.82) is 0 Å². The van der Waals surface area contributed by atoms with E-state index in [1.54, 1.807) is 12.1 Å². The van der Waals surface area contributed by atoms with Crippen LogP contribution in [0.15, 0.2) is 24.3 Å². The third-order valence-corrected chi connectivity index (χ3v) is 7.11. The summed E-state index contributed by atoms with van der Waals surface area (Å²) in [5, 5.41) is 19.2. The molecule has 0 spiro atoms. The Hall–Kier alpha value is -0.650. The molecule has 0 bridgehead atoms. The molecule has 1 aliphatic heterocycles. The number of hydrogen-bond acceptors (Lipinski definition) is 9. The second-order valence-electron chi connectivity index (χ2n) is 5.44. The second kappa shape index (κ2) is 8.38. The van der Waals surface area contributed by atoms with Gasteiger partial charge in [0.05, 0.1) is 18.8 Å². The fraction of sp³-hybridized carbons (Fsp3) is 0.455. The lowest BCUT2D eigenvalue weighted by Gasteiger charge is -2.19. The van der Waals surface area contributed by atoms with Gasteiger partial charge in [0.2, 0.25) is 0 Å². The molecule has 154 valence electrons. The van der Waals surface area contributed by atoms with Crippen molar-refractivity contribution in [3.63, 3.8) is 0 Å². The van der Waals surface area contributed by atoms with Gasteiger partial charge in [0.1, 0.15) is 11.9 Å². The molecule has 16 heteroatoms. The Morgan fingerprint density at radius 2 is 1.59 bits per heavy atom. The van der Waals surface area contributed by atoms with Gasteiger partial charge in [-0.05, 0) is 17.7 Å². The van der Waals surface area contributed by atoms with E-state index in [1.165, 1.54) is 12.1 Å². The zero-order valence-electron chi connectivity index (χ0n) is 13.3. The van der Waals surface area contributed by atoms with Gasteiger partial charge in [-0.15, -0.1) is 0 Å². The summed E-state index contributed by atoms with van der Waals surface area (Å²) in [7, 11) is -16.4. The summed E-state index contributed by atoms with van der Waals surface area (Å²) in [6, 6.07) is 5.92. The molecule has 6 N–H and O–H groups in total. The predicted octanol–water partition coefficient (Wildman–Crippen LogP) is 0.926. The van der Waals surface area contributed by atoms with Crippen LogP contribution in [0.5, 0.6) is 5.75 Å². The third kappa shape index (κ3) is 7.35. The summed E-state index contributed by atoms with van der Waals surface area (Å²) in [6.45, 7) is -0.737. The first-order chi connectivity index (χ1) is 12.3. The van der Waals surface area contributed by atoms with E-state index in [-0.39, 0.29) is 12.2 Å². The van der Waals surface area contributed by atoms with E-state index in [0.29, 0.717) is 5.56 Å². The van der Waals surface area contributed by atoms with Gasteiger partial charge in [0.15, 0.2) is 0 Å². The van der Waals surface area contributed by atoms with E-state index in [4.69, 9.17) is 19.4 Å². The highest BCUT2D eigenvalue weighted by atomic mass is 31.3. The van der Waals surface area contributed by atoms with Gasteiger partial charge in [-0.25, -0.2) is 13.7 Å². The number of aromatic hydroxyl groups is 1. The molecule has 0 amide bonds. The van der Waals surface area contributed by atoms with Crippen LogP contribution >= 0.6 is 23.5 Å². The Bertz CT molecular complexity index is 789. The summed E-state index contributed by atoms with van der Waals surface area (Å²) in [5.74, 6) is 0.0292. The lowest BCUT2D eigenvalue weighted by molar-refractivity contribution is -0.0220. The molecule has 0 aliphatic carbocycles. The molecule has 27 heavy (non-hydrogen) atoms. The topological polar surface area (TPSA) is 210 Å². The smallest absolute Gasteiger partial charge is 0.490 e. The number of phosphoric ester groups is 1. The SMILES string of the molecule is O=P(O)(O)OP(=O)(O)OP(=O)(O)OCC1O[C@@H](c2ccc(O)cc2)CC1O. The van der Waals surface area contributed by atoms with E-state index >= 15 is 0 Å². The first kappa shape index (κ1) is 22.6. The van der Waals surface area contributed by atoms with Crippen molar-refractivity contribution in [2.24, 2.45) is 0 Å². The van der Waals surface area contributed by atoms with E-state index in [2.05, 4.69) is 13.1 Å². The van der Waals surface area contributed by atoms with Gasteiger partial charge >= 0.3 is 23.5 Å². The van der Waals surface area contributed by atoms with Crippen molar-refractivity contribution in [1.82, 2.24) is 0 Å². The van der Waals surface area contributed by atoms with E-state index in [1.807, 2.05) is 0 Å². The zero-order chi connectivity index (χ0) is 20.5. The Morgan fingerprint density at radius 3 is 2.15 bits per heavy atom. The average molecular weight is 450 g/mol. The highest BCUT2D eigenvalue weighted by Crippen LogP contribution is 2.66. The minimum Gasteiger partial charge on any atom is -0.508 e. The third-order valence-electron chi connectivity index (χ3n) is 3.31. The molecule has 1 aromatic rings. The molecule has 4 unspecified atom stereocenters. The normalized spacial score (nSPS) is 27.8. The number of rotatable bonds is 8. The van der Waals surface area contributed by atoms with Crippen molar-refractivity contribution >= 4 is 23.5 Å². The van der Waals surface area contributed by atoms with Crippen LogP contribution in [0.2, 0.25) is 0 Å². The van der Waals surface area contributed by atoms with Crippen LogP contribution in [0.25, 0.3) is 0 Å². The Labute approximate surface area is 152 Å². The highest BCUT2D eigenvalue weighted by Gasteiger charge is 2.42. The van der Waals surface area contributed by atoms with E-state index < -0.39 is 48.4 Å². The summed E-state index contributed by atoms with van der Waals surface area (Å²) < 4.78 is 50.5. The molecule has 0 saturated carbocycles. The summed E-state index contributed by atoms with van der Waals surface area (Å²) in [5.41, 5.74) is 0.618. The highest BCUT2D eigenvalue weighted by molar-refractivity contribution is 7.66. The number of ether oxygens (including phenoxy) is 1. The van der Waals surface area contributed by atoms with Gasteiger partial charge in [-0.1, -0.05) is 12.1 Å². The van der Waals surface area contributed by atoms with Gasteiger partial charge in [0.25, 0.3) is 0 Å². The number of benzene rings is 1. The van der Waals surface area contributed by atoms with Crippen molar-refractivity contribution in [2.75, 3.05) is 6.61 Å². The number of hydrogen-bond donors (Lipinski definition) is 6. The van der Waals surface area contributed by atoms with Crippen LogP contribution in [0, 0.1) is 0 Å². The minimum absolute atomic E-state index is 0.0292. The number of aliphatic hydroxyl groups is 1. The quantitative estimate of drug-likeness (QED) is 0.305. The van der Waals surface area contributed by atoms with Crippen molar-refractivity contribution in [2.45, 2.75) is 24.7 Å². The number of phenolic OH excluding ortho intramolecular Hbond substituents is 1. The van der Waals surface area contributed by atoms with Crippen molar-refractivity contribution in [3.8, 4) is 5.75 Å². The fourth-order valence-corrected chi connectivity index (χ4v) is 5.28. The van der Waals surface area contributed by atoms with Crippen LogP contribution in [0.1, 0.15) is 18.1 Å². The van der Waals surface area contributed by atoms with E-state index in [0.717, 1.165) is 0 Å². The van der Waals surface area contributed by atoms with Crippen molar-refractivity contribution < 1.29 is 61.4 Å².